The molecule has 0 radical (unpaired) electrons. The Kier molecular flexibility index (Phi) is 44.2. The van der Waals surface area contributed by atoms with E-state index in [0.29, 0.717) is 18.0 Å². The van der Waals surface area contributed by atoms with Gasteiger partial charge in [-0.1, -0.05) is 38.4 Å². The summed E-state index contributed by atoms with van der Waals surface area (Å²) >= 11 is 11.4. The number of amidine groups is 2. The molecule has 0 spiro atoms. The molecule has 0 saturated heterocycles. The Morgan fingerprint density at radius 2 is 1.38 bits per heavy atom. The fourth-order valence-corrected chi connectivity index (χ4v) is 9.42. The van der Waals surface area contributed by atoms with Crippen molar-refractivity contribution in [2.45, 2.75) is 125 Å². The molecule has 0 aliphatic heterocycles. The Balaban J connectivity index is -0.000000739. The lowest BCUT2D eigenvalue weighted by atomic mass is 9.87. The molecule has 0 amide bonds. The highest BCUT2D eigenvalue weighted by Crippen LogP contribution is 2.39. The summed E-state index contributed by atoms with van der Waals surface area (Å²) in [7, 11) is 1.46. The SMILES string of the molecule is COC(=[N-])CCCCCCC(=[NH2+])CO.CSCCNC(=[N-])CCCCCCC(N)=[NH+]CCSC1CCC1C.NCCSC1CCC1SCCN.O.[2H]CS. The Labute approximate surface area is 348 Å². The number of nitrogens with zero attached hydrogens (tertiary/aromatic N) is 2. The summed E-state index contributed by atoms with van der Waals surface area (Å²) in [5.41, 5.74) is 17.6. The van der Waals surface area contributed by atoms with Crippen LogP contribution in [0.4, 0.5) is 0 Å². The molecule has 2 aliphatic rings. The van der Waals surface area contributed by atoms with E-state index in [1.807, 2.05) is 23.5 Å². The number of ether oxygens (including phenoxy) is 1. The van der Waals surface area contributed by atoms with Crippen LogP contribution in [-0.4, -0.2) is 125 Å². The third kappa shape index (κ3) is 35.8. The highest BCUT2D eigenvalue weighted by molar-refractivity contribution is 8.04. The summed E-state index contributed by atoms with van der Waals surface area (Å²) < 4.78 is 10.7. The van der Waals surface area contributed by atoms with Crippen molar-refractivity contribution < 1.29 is 27.1 Å². The lowest BCUT2D eigenvalue weighted by Gasteiger charge is -2.35. The van der Waals surface area contributed by atoms with Gasteiger partial charge in [-0.15, -0.1) is 0 Å². The van der Waals surface area contributed by atoms with Gasteiger partial charge in [-0.05, 0) is 101 Å². The van der Waals surface area contributed by atoms with Gasteiger partial charge in [0.25, 0.3) is 0 Å². The Hall–Kier alpha value is -0.330. The smallest absolute Gasteiger partial charge is 0.240 e. The first-order valence-electron chi connectivity index (χ1n) is 19.9. The predicted molar refractivity (Wildman–Crippen MR) is 248 cm³/mol. The largest absolute Gasteiger partial charge is 0.775 e. The molecule has 53 heavy (non-hydrogen) atoms. The molecule has 0 heterocycles. The number of nitrogens with two attached hydrogens (primary N) is 4. The molecular formula is C37H80N8O3S5. The second-order valence-corrected chi connectivity index (χ2v) is 18.0. The van der Waals surface area contributed by atoms with Gasteiger partial charge in [0.1, 0.15) is 6.61 Å². The zero-order valence-corrected chi connectivity index (χ0v) is 37.5. The number of rotatable bonds is 28. The molecule has 2 aliphatic carbocycles. The van der Waals surface area contributed by atoms with Crippen LogP contribution in [0, 0.1) is 5.92 Å². The maximum Gasteiger partial charge on any atom is 0.240 e. The summed E-state index contributed by atoms with van der Waals surface area (Å²) in [6.45, 7) is 5.81. The van der Waals surface area contributed by atoms with Crippen molar-refractivity contribution in [3.63, 3.8) is 0 Å². The number of hydrogen-bond donors (Lipinski definition) is 8. The number of aliphatic hydroxyl groups excluding tert-OH is 1. The van der Waals surface area contributed by atoms with Gasteiger partial charge in [0.2, 0.25) is 5.84 Å². The molecule has 16 heteroatoms. The maximum absolute atomic E-state index is 9.68. The van der Waals surface area contributed by atoms with Gasteiger partial charge in [0.15, 0.2) is 5.71 Å². The summed E-state index contributed by atoms with van der Waals surface area (Å²) in [6.07, 6.45) is 19.5. The van der Waals surface area contributed by atoms with E-state index in [4.69, 9.17) is 34.5 Å². The maximum atomic E-state index is 9.68. The van der Waals surface area contributed by atoms with Crippen molar-refractivity contribution in [3.05, 3.63) is 10.8 Å². The summed E-state index contributed by atoms with van der Waals surface area (Å²) in [4.78, 5) is 3.36. The second kappa shape index (κ2) is 42.8. The molecule has 0 aromatic rings. The number of hydrogen-bond acceptors (Lipinski definition) is 9. The zero-order valence-electron chi connectivity index (χ0n) is 34.3. The van der Waals surface area contributed by atoms with Crippen LogP contribution in [0.3, 0.4) is 0 Å². The van der Waals surface area contributed by atoms with Gasteiger partial charge in [0.05, 0.1) is 13.7 Å². The van der Waals surface area contributed by atoms with Gasteiger partial charge in [-0.3, -0.25) is 16.1 Å². The fraction of sp³-hybridized carbons (Fsp3) is 0.892. The minimum atomic E-state index is -0.0156. The fourth-order valence-electron chi connectivity index (χ4n) is 5.16. The van der Waals surface area contributed by atoms with E-state index in [2.05, 4.69) is 52.6 Å². The number of methoxy groups -OCH3 is 1. The normalized spacial score (nSPS) is 18.8. The molecule has 2 saturated carbocycles. The summed E-state index contributed by atoms with van der Waals surface area (Å²) in [5, 5.41) is 38.4. The highest BCUT2D eigenvalue weighted by Gasteiger charge is 2.30. The second-order valence-electron chi connectivity index (χ2n) is 13.0. The van der Waals surface area contributed by atoms with Gasteiger partial charge in [-0.2, -0.15) is 59.7 Å². The third-order valence-electron chi connectivity index (χ3n) is 8.70. The van der Waals surface area contributed by atoms with Crippen molar-refractivity contribution in [1.29, 1.82) is 0 Å². The monoisotopic (exact) mass is 846 g/mol. The van der Waals surface area contributed by atoms with Gasteiger partial charge in [-0.25, -0.2) is 0 Å². The summed E-state index contributed by atoms with van der Waals surface area (Å²) in [5.74, 6) is 6.81. The van der Waals surface area contributed by atoms with Crippen LogP contribution in [-0.2, 0) is 4.74 Å². The van der Waals surface area contributed by atoms with E-state index < -0.39 is 0 Å². The number of thioether (sulfide) groups is 4. The zero-order chi connectivity index (χ0) is 40.0. The van der Waals surface area contributed by atoms with Crippen LogP contribution in [0.15, 0.2) is 0 Å². The van der Waals surface area contributed by atoms with Crippen LogP contribution < -0.4 is 32.9 Å². The molecule has 316 valence electrons. The molecule has 4 unspecified atom stereocenters. The topological polar surface area (TPSA) is 235 Å². The van der Waals surface area contributed by atoms with E-state index in [9.17, 15) is 5.41 Å². The van der Waals surface area contributed by atoms with Crippen LogP contribution in [0.25, 0.3) is 10.8 Å². The molecule has 0 aromatic heterocycles. The minimum absolute atomic E-state index is 0. The highest BCUT2D eigenvalue weighted by atomic mass is 32.2. The van der Waals surface area contributed by atoms with Crippen LogP contribution >= 0.6 is 59.7 Å². The van der Waals surface area contributed by atoms with Crippen LogP contribution in [0.5, 0.6) is 0 Å². The molecule has 4 atom stereocenters. The lowest BCUT2D eigenvalue weighted by Crippen LogP contribution is -2.76. The number of aliphatic hydroxyl groups is 1. The predicted octanol–water partition coefficient (Wildman–Crippen LogP) is 2.97. The van der Waals surface area contributed by atoms with Crippen LogP contribution in [0.1, 0.15) is 111 Å². The van der Waals surface area contributed by atoms with E-state index in [0.717, 1.165) is 141 Å². The Bertz CT molecular complexity index is 884. The van der Waals surface area contributed by atoms with Crippen molar-refractivity contribution in [1.82, 2.24) is 5.32 Å². The van der Waals surface area contributed by atoms with Gasteiger partial charge < -0.3 is 42.9 Å². The Morgan fingerprint density at radius 1 is 0.868 bits per heavy atom. The molecule has 0 aromatic carbocycles. The van der Waals surface area contributed by atoms with Gasteiger partial charge in [0, 0.05) is 60.3 Å². The van der Waals surface area contributed by atoms with Crippen LogP contribution in [0.2, 0.25) is 0 Å². The van der Waals surface area contributed by atoms with E-state index in [1.165, 1.54) is 39.2 Å². The number of thiol groups is 1. The molecule has 2 fully saturated rings. The lowest BCUT2D eigenvalue weighted by molar-refractivity contribution is -0.453. The molecule has 2 rings (SSSR count). The van der Waals surface area contributed by atoms with Crippen molar-refractivity contribution >= 4 is 83.0 Å². The average Bonchev–Trinajstić information content (AvgIpc) is 3.14. The molecule has 11 nitrogen and oxygen atoms in total. The quantitative estimate of drug-likeness (QED) is 0.0248. The van der Waals surface area contributed by atoms with E-state index in [-0.39, 0.29) is 24.2 Å². The molecule has 13 N–H and O–H groups in total. The number of nitrogens with one attached hydrogen (secondary N) is 2. The standard InChI is InChI=1S/C18H35N4S2.C10H19N2O2.C8H18N2S2.CH4S.H2O/c1-15-9-10-16(15)24-14-12-22-18(20)8-6-4-3-5-7-17(19)21-11-13-23-2;1-14-10(12)7-5-3-2-4-6-9(11)8-13;9-3-5-11-7-1-2-8(7)12-6-4-10;1-2;/h15-16H,3-14H2,1-2H3,(H3-,19,20,21,22);11,13H,2-8H2,1H3;7-8H,1-6,9-10H2;2H,1H3;1H2/q2*-1;;;/p+2/i;;;1D;. The van der Waals surface area contributed by atoms with Crippen molar-refractivity contribution in [2.75, 3.05) is 75.4 Å². The summed E-state index contributed by atoms with van der Waals surface area (Å²) in [6, 6.07) is 0. The van der Waals surface area contributed by atoms with Crippen molar-refractivity contribution in [3.8, 4) is 0 Å². The third-order valence-corrected chi connectivity index (χ3v) is 14.0. The number of unbranched alkanes of at least 4 members (excludes halogenated alkanes) is 6. The first-order chi connectivity index (χ1) is 25.6. The first kappa shape index (κ1) is 54.8. The Morgan fingerprint density at radius 3 is 1.83 bits per heavy atom. The van der Waals surface area contributed by atoms with E-state index in [1.54, 1.807) is 11.8 Å². The molecule has 0 bridgehead atoms. The first-order valence-corrected chi connectivity index (χ1v) is 24.4. The van der Waals surface area contributed by atoms with E-state index >= 15 is 0 Å². The molecular weight excluding hydrogens is 765 g/mol. The van der Waals surface area contributed by atoms with Gasteiger partial charge >= 0.3 is 0 Å². The van der Waals surface area contributed by atoms with Crippen molar-refractivity contribution in [2.24, 2.45) is 23.1 Å². The average molecular weight is 846 g/mol. The minimum Gasteiger partial charge on any atom is -0.775 e.